The summed E-state index contributed by atoms with van der Waals surface area (Å²) in [4.78, 5) is 19.8. The van der Waals surface area contributed by atoms with E-state index < -0.39 is 11.9 Å². The van der Waals surface area contributed by atoms with Crippen LogP contribution in [0, 0.1) is 0 Å². The predicted octanol–water partition coefficient (Wildman–Crippen LogP) is 2.21. The number of unbranched alkanes of at least 4 members (excludes halogenated alkanes) is 3. The van der Waals surface area contributed by atoms with Crippen molar-refractivity contribution in [1.82, 2.24) is 0 Å². The molecule has 0 unspecified atom stereocenters. The van der Waals surface area contributed by atoms with Crippen molar-refractivity contribution in [3.63, 3.8) is 0 Å². The fourth-order valence-corrected chi connectivity index (χ4v) is 0.803. The zero-order valence-electron chi connectivity index (χ0n) is 8.21. The first kappa shape index (κ1) is 11.9. The molecule has 13 heavy (non-hydrogen) atoms. The summed E-state index contributed by atoms with van der Waals surface area (Å²) in [5.41, 5.74) is 0. The lowest BCUT2D eigenvalue weighted by Crippen LogP contribution is -1.96. The molecule has 0 saturated carbocycles. The second kappa shape index (κ2) is 7.53. The molecular weight excluding hydrogens is 168 g/mol. The Hall–Kier alpha value is -1.12. The molecule has 0 bridgehead atoms. The largest absolute Gasteiger partial charge is 0.387 e. The number of hydrogen-bond acceptors (Lipinski definition) is 3. The van der Waals surface area contributed by atoms with Gasteiger partial charge in [0.1, 0.15) is 0 Å². The van der Waals surface area contributed by atoms with E-state index in [9.17, 15) is 9.59 Å². The summed E-state index contributed by atoms with van der Waals surface area (Å²) in [5, 5.41) is 0. The van der Waals surface area contributed by atoms with Crippen LogP contribution in [0.25, 0.3) is 0 Å². The SMILES string of the molecule is CCCCCC.O=C1C=CC(=O)O1. The van der Waals surface area contributed by atoms with E-state index in [0.717, 1.165) is 12.2 Å². The van der Waals surface area contributed by atoms with Crippen LogP contribution in [0.5, 0.6) is 0 Å². The lowest BCUT2D eigenvalue weighted by molar-refractivity contribution is -0.150. The minimum atomic E-state index is -0.579. The van der Waals surface area contributed by atoms with Gasteiger partial charge in [-0.2, -0.15) is 0 Å². The van der Waals surface area contributed by atoms with Gasteiger partial charge in [0, 0.05) is 12.2 Å². The van der Waals surface area contributed by atoms with E-state index >= 15 is 0 Å². The summed E-state index contributed by atoms with van der Waals surface area (Å²) in [5.74, 6) is -1.16. The van der Waals surface area contributed by atoms with Crippen molar-refractivity contribution in [2.75, 3.05) is 0 Å². The van der Waals surface area contributed by atoms with Gasteiger partial charge in [0.25, 0.3) is 0 Å². The lowest BCUT2D eigenvalue weighted by atomic mass is 10.2. The zero-order valence-corrected chi connectivity index (χ0v) is 8.21. The first-order valence-electron chi connectivity index (χ1n) is 4.64. The highest BCUT2D eigenvalue weighted by Gasteiger charge is 2.10. The third kappa shape index (κ3) is 7.25. The molecule has 1 aliphatic rings. The molecule has 1 aliphatic heterocycles. The van der Waals surface area contributed by atoms with Gasteiger partial charge in [0.2, 0.25) is 0 Å². The summed E-state index contributed by atoms with van der Waals surface area (Å²) in [7, 11) is 0. The topological polar surface area (TPSA) is 43.4 Å². The average molecular weight is 184 g/mol. The van der Waals surface area contributed by atoms with Crippen LogP contribution in [0.1, 0.15) is 39.5 Å². The molecule has 3 heteroatoms. The molecule has 0 amide bonds. The molecule has 0 N–H and O–H groups in total. The summed E-state index contributed by atoms with van der Waals surface area (Å²) in [6, 6.07) is 0. The first-order chi connectivity index (χ1) is 6.20. The third-order valence-electron chi connectivity index (χ3n) is 1.51. The van der Waals surface area contributed by atoms with E-state index in [1.807, 2.05) is 0 Å². The van der Waals surface area contributed by atoms with E-state index in [1.54, 1.807) is 0 Å². The van der Waals surface area contributed by atoms with Crippen LogP contribution in [-0.4, -0.2) is 11.9 Å². The maximum Gasteiger partial charge on any atom is 0.338 e. The second-order valence-corrected chi connectivity index (χ2v) is 2.78. The minimum absolute atomic E-state index is 0.579. The molecule has 0 aromatic carbocycles. The van der Waals surface area contributed by atoms with Crippen LogP contribution < -0.4 is 0 Å². The van der Waals surface area contributed by atoms with E-state index in [0.29, 0.717) is 0 Å². The number of hydrogen-bond donors (Lipinski definition) is 0. The molecule has 74 valence electrons. The molecule has 3 nitrogen and oxygen atoms in total. The highest BCUT2D eigenvalue weighted by atomic mass is 16.6. The molecule has 0 spiro atoms. The van der Waals surface area contributed by atoms with Gasteiger partial charge in [-0.3, -0.25) is 0 Å². The maximum atomic E-state index is 9.92. The number of ether oxygens (including phenoxy) is 1. The van der Waals surface area contributed by atoms with Crippen molar-refractivity contribution in [1.29, 1.82) is 0 Å². The number of cyclic esters (lactones) is 2. The van der Waals surface area contributed by atoms with E-state index in [4.69, 9.17) is 0 Å². The molecule has 0 aromatic rings. The third-order valence-corrected chi connectivity index (χ3v) is 1.51. The Balaban J connectivity index is 0.000000226. The van der Waals surface area contributed by atoms with Crippen LogP contribution in [-0.2, 0) is 14.3 Å². The summed E-state index contributed by atoms with van der Waals surface area (Å²) >= 11 is 0. The zero-order chi connectivity index (χ0) is 10.1. The summed E-state index contributed by atoms with van der Waals surface area (Å²) in [6.07, 6.45) is 7.71. The Morgan fingerprint density at radius 3 is 1.54 bits per heavy atom. The van der Waals surface area contributed by atoms with Gasteiger partial charge in [-0.1, -0.05) is 39.5 Å². The van der Waals surface area contributed by atoms with Gasteiger partial charge >= 0.3 is 11.9 Å². The number of rotatable bonds is 3. The van der Waals surface area contributed by atoms with Gasteiger partial charge in [-0.15, -0.1) is 0 Å². The molecule has 0 atom stereocenters. The minimum Gasteiger partial charge on any atom is -0.387 e. The molecule has 0 aliphatic carbocycles. The Morgan fingerprint density at radius 1 is 1.00 bits per heavy atom. The van der Waals surface area contributed by atoms with Crippen molar-refractivity contribution in [2.45, 2.75) is 39.5 Å². The van der Waals surface area contributed by atoms with Gasteiger partial charge < -0.3 is 4.74 Å². The molecule has 0 saturated heterocycles. The summed E-state index contributed by atoms with van der Waals surface area (Å²) in [6.45, 7) is 4.46. The smallest absolute Gasteiger partial charge is 0.338 e. The number of esters is 2. The lowest BCUT2D eigenvalue weighted by Gasteiger charge is -1.86. The molecule has 0 radical (unpaired) electrons. The average Bonchev–Trinajstić information content (AvgIpc) is 2.47. The maximum absolute atomic E-state index is 9.92. The van der Waals surface area contributed by atoms with Crippen LogP contribution in [0.4, 0.5) is 0 Å². The monoisotopic (exact) mass is 184 g/mol. The van der Waals surface area contributed by atoms with E-state index in [2.05, 4.69) is 18.6 Å². The quantitative estimate of drug-likeness (QED) is 0.383. The van der Waals surface area contributed by atoms with Crippen molar-refractivity contribution in [3.05, 3.63) is 12.2 Å². The normalized spacial score (nSPS) is 13.7. The molecule has 0 aromatic heterocycles. The predicted molar refractivity (Wildman–Crippen MR) is 50.1 cm³/mol. The van der Waals surface area contributed by atoms with E-state index in [1.165, 1.54) is 25.7 Å². The molecule has 0 fully saturated rings. The van der Waals surface area contributed by atoms with Crippen LogP contribution >= 0.6 is 0 Å². The second-order valence-electron chi connectivity index (χ2n) is 2.78. The molecule has 1 rings (SSSR count). The van der Waals surface area contributed by atoms with E-state index in [-0.39, 0.29) is 0 Å². The highest BCUT2D eigenvalue weighted by Crippen LogP contribution is 1.95. The fraction of sp³-hybridized carbons (Fsp3) is 0.600. The van der Waals surface area contributed by atoms with Crippen molar-refractivity contribution >= 4 is 11.9 Å². The molecular formula is C10H16O3. The van der Waals surface area contributed by atoms with Gasteiger partial charge in [-0.25, -0.2) is 9.59 Å². The Morgan fingerprint density at radius 2 is 1.38 bits per heavy atom. The first-order valence-corrected chi connectivity index (χ1v) is 4.64. The van der Waals surface area contributed by atoms with Crippen molar-refractivity contribution in [2.24, 2.45) is 0 Å². The van der Waals surface area contributed by atoms with Crippen LogP contribution in [0.15, 0.2) is 12.2 Å². The Kier molecular flexibility index (Phi) is 6.88. The standard InChI is InChI=1S/C6H14.C4H2O3/c1-3-5-6-4-2;5-3-1-2-4(6)7-3/h3-6H2,1-2H3;1-2H. The van der Waals surface area contributed by atoms with Crippen molar-refractivity contribution < 1.29 is 14.3 Å². The van der Waals surface area contributed by atoms with Gasteiger partial charge in [-0.05, 0) is 0 Å². The summed E-state index contributed by atoms with van der Waals surface area (Å²) < 4.78 is 3.97. The molecule has 1 heterocycles. The van der Waals surface area contributed by atoms with Gasteiger partial charge in [0.15, 0.2) is 0 Å². The Labute approximate surface area is 78.8 Å². The van der Waals surface area contributed by atoms with Crippen molar-refractivity contribution in [3.8, 4) is 0 Å². The van der Waals surface area contributed by atoms with Gasteiger partial charge in [0.05, 0.1) is 0 Å². The van der Waals surface area contributed by atoms with Crippen LogP contribution in [0.3, 0.4) is 0 Å². The highest BCUT2D eigenvalue weighted by molar-refractivity contribution is 6.04. The Bertz CT molecular complexity index is 174. The fourth-order valence-electron chi connectivity index (χ4n) is 0.803. The number of carbonyl (C=O) groups excluding carboxylic acids is 2. The number of carbonyl (C=O) groups is 2. The van der Waals surface area contributed by atoms with Crippen LogP contribution in [0.2, 0.25) is 0 Å².